The van der Waals surface area contributed by atoms with Crippen molar-refractivity contribution in [2.45, 2.75) is 24.8 Å². The third-order valence-corrected chi connectivity index (χ3v) is 6.12. The summed E-state index contributed by atoms with van der Waals surface area (Å²) in [6.07, 6.45) is 0. The van der Waals surface area contributed by atoms with Crippen LogP contribution in [0.3, 0.4) is 0 Å². The summed E-state index contributed by atoms with van der Waals surface area (Å²) in [5.74, 6) is 0. The van der Waals surface area contributed by atoms with E-state index in [1.54, 1.807) is 39.1 Å². The van der Waals surface area contributed by atoms with Gasteiger partial charge in [0.25, 0.3) is 0 Å². The average Bonchev–Trinajstić information content (AvgIpc) is 2.66. The number of sulfonamides is 1. The van der Waals surface area contributed by atoms with E-state index in [1.165, 1.54) is 4.68 Å². The van der Waals surface area contributed by atoms with Crippen LogP contribution in [0.25, 0.3) is 0 Å². The lowest BCUT2D eigenvalue weighted by Gasteiger charge is -2.15. The maximum Gasteiger partial charge on any atom is 0.246 e. The van der Waals surface area contributed by atoms with Crippen molar-refractivity contribution >= 4 is 44.8 Å². The van der Waals surface area contributed by atoms with Crippen LogP contribution in [0.4, 0.5) is 0 Å². The van der Waals surface area contributed by atoms with Crippen LogP contribution in [0.5, 0.6) is 0 Å². The second-order valence-electron chi connectivity index (χ2n) is 4.85. The Morgan fingerprint density at radius 2 is 1.86 bits per heavy atom. The van der Waals surface area contributed by atoms with Crippen LogP contribution >= 0.6 is 34.8 Å². The molecule has 120 valence electrons. The molecule has 1 aromatic heterocycles. The Balaban J connectivity index is 2.33. The smallest absolute Gasteiger partial charge is 0.246 e. The van der Waals surface area contributed by atoms with Gasteiger partial charge in [-0.15, -0.1) is 0 Å². The first-order valence-corrected chi connectivity index (χ1v) is 8.91. The Morgan fingerprint density at radius 1 is 1.23 bits per heavy atom. The molecule has 0 aliphatic rings. The molecule has 1 unspecified atom stereocenters. The van der Waals surface area contributed by atoms with E-state index in [2.05, 4.69) is 9.82 Å². The van der Waals surface area contributed by atoms with Crippen molar-refractivity contribution in [3.8, 4) is 0 Å². The van der Waals surface area contributed by atoms with Gasteiger partial charge in [-0.05, 0) is 31.5 Å². The Kier molecular flexibility index (Phi) is 5.09. The number of hydrogen-bond acceptors (Lipinski definition) is 3. The maximum atomic E-state index is 12.5. The molecule has 5 nitrogen and oxygen atoms in total. The Morgan fingerprint density at radius 3 is 2.36 bits per heavy atom. The fraction of sp³-hybridized carbons (Fsp3) is 0.308. The lowest BCUT2D eigenvalue weighted by molar-refractivity contribution is 0.566. The molecule has 9 heteroatoms. The van der Waals surface area contributed by atoms with Gasteiger partial charge in [-0.1, -0.05) is 40.9 Å². The van der Waals surface area contributed by atoms with Crippen molar-refractivity contribution in [3.63, 3.8) is 0 Å². The van der Waals surface area contributed by atoms with Gasteiger partial charge in [-0.3, -0.25) is 4.68 Å². The van der Waals surface area contributed by atoms with Crippen molar-refractivity contribution in [2.24, 2.45) is 7.05 Å². The van der Waals surface area contributed by atoms with Crippen LogP contribution in [0.15, 0.2) is 23.1 Å². The summed E-state index contributed by atoms with van der Waals surface area (Å²) >= 11 is 17.8. The summed E-state index contributed by atoms with van der Waals surface area (Å²) in [7, 11) is -2.23. The number of nitrogens with zero attached hydrogens (tertiary/aromatic N) is 2. The van der Waals surface area contributed by atoms with Crippen molar-refractivity contribution in [1.82, 2.24) is 14.5 Å². The number of benzene rings is 1. The minimum atomic E-state index is -3.81. The zero-order valence-electron chi connectivity index (χ0n) is 12.1. The van der Waals surface area contributed by atoms with Crippen LogP contribution in [0, 0.1) is 6.92 Å². The molecule has 1 aromatic carbocycles. The number of rotatable bonds is 4. The van der Waals surface area contributed by atoms with Gasteiger partial charge < -0.3 is 0 Å². The van der Waals surface area contributed by atoms with E-state index < -0.39 is 16.1 Å². The van der Waals surface area contributed by atoms with E-state index in [0.717, 1.165) is 0 Å². The van der Waals surface area contributed by atoms with Crippen molar-refractivity contribution in [3.05, 3.63) is 44.7 Å². The molecule has 0 aliphatic carbocycles. The molecule has 0 fully saturated rings. The quantitative estimate of drug-likeness (QED) is 0.876. The van der Waals surface area contributed by atoms with E-state index in [1.807, 2.05) is 0 Å². The molecule has 0 bridgehead atoms. The maximum absolute atomic E-state index is 12.5. The standard InChI is InChI=1S/C13H14Cl3N3O2S/c1-7(9-4-5-10(14)11(15)6-9)18-22(20,21)12-8(2)17-19(3)13(12)16/h4-7,18H,1-3H3. The molecule has 0 aliphatic heterocycles. The second kappa shape index (κ2) is 6.37. The van der Waals surface area contributed by atoms with Gasteiger partial charge in [-0.25, -0.2) is 13.1 Å². The zero-order valence-corrected chi connectivity index (χ0v) is 15.1. The van der Waals surface area contributed by atoms with Crippen LogP contribution < -0.4 is 4.72 Å². The Bertz CT molecular complexity index is 818. The van der Waals surface area contributed by atoms with E-state index in [-0.39, 0.29) is 10.0 Å². The number of aromatic nitrogens is 2. The van der Waals surface area contributed by atoms with E-state index >= 15 is 0 Å². The lowest BCUT2D eigenvalue weighted by Crippen LogP contribution is -2.27. The van der Waals surface area contributed by atoms with Crippen LogP contribution in [-0.4, -0.2) is 18.2 Å². The normalized spacial score (nSPS) is 13.4. The minimum absolute atomic E-state index is 0.0245. The van der Waals surface area contributed by atoms with Crippen molar-refractivity contribution in [1.29, 1.82) is 0 Å². The number of aryl methyl sites for hydroxylation is 2. The topological polar surface area (TPSA) is 64.0 Å². The van der Waals surface area contributed by atoms with Gasteiger partial charge in [-0.2, -0.15) is 5.10 Å². The SMILES string of the molecule is Cc1nn(C)c(Cl)c1S(=O)(=O)NC(C)c1ccc(Cl)c(Cl)c1. The number of halogens is 3. The van der Waals surface area contributed by atoms with E-state index in [0.29, 0.717) is 21.3 Å². The van der Waals surface area contributed by atoms with Crippen LogP contribution in [0.1, 0.15) is 24.2 Å². The third kappa shape index (κ3) is 3.41. The molecule has 1 N–H and O–H groups in total. The lowest BCUT2D eigenvalue weighted by atomic mass is 10.1. The summed E-state index contributed by atoms with van der Waals surface area (Å²) in [5, 5.41) is 4.84. The largest absolute Gasteiger partial charge is 0.255 e. The second-order valence-corrected chi connectivity index (χ2v) is 7.67. The fourth-order valence-corrected chi connectivity index (χ4v) is 4.35. The summed E-state index contributed by atoms with van der Waals surface area (Å²) in [5.41, 5.74) is 1.02. The molecule has 1 atom stereocenters. The molecular formula is C13H14Cl3N3O2S. The highest BCUT2D eigenvalue weighted by Gasteiger charge is 2.27. The number of nitrogens with one attached hydrogen (secondary N) is 1. The van der Waals surface area contributed by atoms with Gasteiger partial charge in [0.15, 0.2) is 0 Å². The highest BCUT2D eigenvalue weighted by atomic mass is 35.5. The predicted molar refractivity (Wildman–Crippen MR) is 88.2 cm³/mol. The summed E-state index contributed by atoms with van der Waals surface area (Å²) in [6.45, 7) is 3.29. The van der Waals surface area contributed by atoms with Gasteiger partial charge in [0.1, 0.15) is 10.0 Å². The molecule has 0 saturated heterocycles. The minimum Gasteiger partial charge on any atom is -0.255 e. The first kappa shape index (κ1) is 17.6. The molecule has 2 aromatic rings. The summed E-state index contributed by atoms with van der Waals surface area (Å²) in [4.78, 5) is -0.0245. The van der Waals surface area contributed by atoms with Crippen LogP contribution in [-0.2, 0) is 17.1 Å². The highest BCUT2D eigenvalue weighted by Crippen LogP contribution is 2.28. The molecule has 0 radical (unpaired) electrons. The first-order chi connectivity index (χ1) is 10.1. The molecule has 1 heterocycles. The molecular weight excluding hydrogens is 369 g/mol. The molecule has 2 rings (SSSR count). The fourth-order valence-electron chi connectivity index (χ4n) is 2.06. The van der Waals surface area contributed by atoms with Crippen molar-refractivity contribution < 1.29 is 8.42 Å². The first-order valence-electron chi connectivity index (χ1n) is 6.30. The van der Waals surface area contributed by atoms with Crippen LogP contribution in [0.2, 0.25) is 15.2 Å². The van der Waals surface area contributed by atoms with E-state index in [9.17, 15) is 8.42 Å². The third-order valence-electron chi connectivity index (χ3n) is 3.14. The monoisotopic (exact) mass is 381 g/mol. The summed E-state index contributed by atoms with van der Waals surface area (Å²) < 4.78 is 28.9. The van der Waals surface area contributed by atoms with E-state index in [4.69, 9.17) is 34.8 Å². The highest BCUT2D eigenvalue weighted by molar-refractivity contribution is 7.89. The number of hydrogen-bond donors (Lipinski definition) is 1. The van der Waals surface area contributed by atoms with Gasteiger partial charge >= 0.3 is 0 Å². The van der Waals surface area contributed by atoms with Gasteiger partial charge in [0, 0.05) is 13.1 Å². The average molecular weight is 383 g/mol. The Labute approximate surface area is 144 Å². The molecule has 0 amide bonds. The van der Waals surface area contributed by atoms with Gasteiger partial charge in [0.2, 0.25) is 10.0 Å². The predicted octanol–water partition coefficient (Wildman–Crippen LogP) is 3.73. The van der Waals surface area contributed by atoms with Gasteiger partial charge in [0.05, 0.1) is 15.7 Å². The molecule has 22 heavy (non-hydrogen) atoms. The molecule has 0 spiro atoms. The molecule has 0 saturated carbocycles. The van der Waals surface area contributed by atoms with Crippen molar-refractivity contribution in [2.75, 3.05) is 0 Å². The zero-order chi connectivity index (χ0) is 16.7. The Hall–Kier alpha value is -0.790. The summed E-state index contributed by atoms with van der Waals surface area (Å²) in [6, 6.07) is 4.44.